The van der Waals surface area contributed by atoms with Gasteiger partial charge in [-0.2, -0.15) is 0 Å². The Kier molecular flexibility index (Phi) is 4.07. The van der Waals surface area contributed by atoms with Gasteiger partial charge < -0.3 is 10.4 Å². The summed E-state index contributed by atoms with van der Waals surface area (Å²) in [4.78, 5) is 14.7. The lowest BCUT2D eigenvalue weighted by Crippen LogP contribution is -2.10. The van der Waals surface area contributed by atoms with E-state index in [1.54, 1.807) is 18.2 Å². The summed E-state index contributed by atoms with van der Waals surface area (Å²) >= 11 is 0. The lowest BCUT2D eigenvalue weighted by molar-refractivity contribution is 0.0691. The van der Waals surface area contributed by atoms with E-state index in [4.69, 9.17) is 5.11 Å². The zero-order chi connectivity index (χ0) is 13.7. The Labute approximate surface area is 109 Å². The van der Waals surface area contributed by atoms with E-state index in [0.29, 0.717) is 18.7 Å². The van der Waals surface area contributed by atoms with Gasteiger partial charge in [-0.15, -0.1) is 0 Å². The van der Waals surface area contributed by atoms with E-state index in [9.17, 15) is 9.18 Å². The van der Waals surface area contributed by atoms with Crippen molar-refractivity contribution < 1.29 is 14.3 Å². The number of carbonyl (C=O) groups is 1. The number of pyridine rings is 1. The standard InChI is InChI=1S/C14H13FN2O2/c15-11-4-1-3-10(9-11)6-8-16-12-5-2-7-17-13(12)14(18)19/h1-5,7,9,16H,6,8H2,(H,18,19). The molecule has 2 rings (SSSR count). The molecular formula is C14H13FN2O2. The minimum Gasteiger partial charge on any atom is -0.476 e. The van der Waals surface area contributed by atoms with Crippen LogP contribution < -0.4 is 5.32 Å². The van der Waals surface area contributed by atoms with Crippen molar-refractivity contribution in [3.63, 3.8) is 0 Å². The molecule has 0 amide bonds. The molecule has 0 saturated carbocycles. The summed E-state index contributed by atoms with van der Waals surface area (Å²) in [7, 11) is 0. The summed E-state index contributed by atoms with van der Waals surface area (Å²) in [6.45, 7) is 0.509. The van der Waals surface area contributed by atoms with E-state index in [0.717, 1.165) is 5.56 Å². The average Bonchev–Trinajstić information content (AvgIpc) is 2.39. The Balaban J connectivity index is 1.98. The Morgan fingerprint density at radius 3 is 2.89 bits per heavy atom. The highest BCUT2D eigenvalue weighted by Crippen LogP contribution is 2.12. The minimum absolute atomic E-state index is 0.0123. The number of aromatic carboxylic acids is 1. The Morgan fingerprint density at radius 1 is 1.32 bits per heavy atom. The van der Waals surface area contributed by atoms with Crippen LogP contribution in [0.1, 0.15) is 16.1 Å². The number of carboxylic acids is 1. The van der Waals surface area contributed by atoms with Crippen LogP contribution >= 0.6 is 0 Å². The first-order chi connectivity index (χ1) is 9.16. The lowest BCUT2D eigenvalue weighted by atomic mass is 10.1. The van der Waals surface area contributed by atoms with E-state index in [-0.39, 0.29) is 11.5 Å². The van der Waals surface area contributed by atoms with Crippen molar-refractivity contribution in [3.05, 3.63) is 59.7 Å². The van der Waals surface area contributed by atoms with Gasteiger partial charge in [-0.1, -0.05) is 12.1 Å². The van der Waals surface area contributed by atoms with Gasteiger partial charge >= 0.3 is 5.97 Å². The summed E-state index contributed by atoms with van der Waals surface area (Å²) in [5.41, 5.74) is 1.31. The van der Waals surface area contributed by atoms with Crippen molar-refractivity contribution in [1.82, 2.24) is 4.98 Å². The van der Waals surface area contributed by atoms with Crippen molar-refractivity contribution in [3.8, 4) is 0 Å². The van der Waals surface area contributed by atoms with Crippen LogP contribution in [-0.2, 0) is 6.42 Å². The second-order valence-electron chi connectivity index (χ2n) is 4.01. The highest BCUT2D eigenvalue weighted by atomic mass is 19.1. The number of benzene rings is 1. The van der Waals surface area contributed by atoms with Crippen LogP contribution in [0.3, 0.4) is 0 Å². The van der Waals surface area contributed by atoms with Gasteiger partial charge in [0.2, 0.25) is 0 Å². The molecule has 0 saturated heterocycles. The summed E-state index contributed by atoms with van der Waals surface area (Å²) in [6.07, 6.45) is 2.03. The number of halogens is 1. The number of nitrogens with zero attached hydrogens (tertiary/aromatic N) is 1. The number of anilines is 1. The maximum absolute atomic E-state index is 13.0. The molecule has 0 unspecified atom stereocenters. The van der Waals surface area contributed by atoms with Crippen LogP contribution in [0, 0.1) is 5.82 Å². The van der Waals surface area contributed by atoms with Crippen LogP contribution in [0.25, 0.3) is 0 Å². The summed E-state index contributed by atoms with van der Waals surface area (Å²) < 4.78 is 13.0. The van der Waals surface area contributed by atoms with Gasteiger partial charge in [-0.3, -0.25) is 0 Å². The molecule has 1 aromatic carbocycles. The molecule has 1 heterocycles. The van der Waals surface area contributed by atoms with Gasteiger partial charge in [0.25, 0.3) is 0 Å². The molecule has 0 aliphatic heterocycles. The third-order valence-corrected chi connectivity index (χ3v) is 2.63. The van der Waals surface area contributed by atoms with Gasteiger partial charge in [-0.25, -0.2) is 14.2 Å². The minimum atomic E-state index is -1.08. The molecule has 0 aliphatic rings. The first-order valence-corrected chi connectivity index (χ1v) is 5.83. The molecule has 98 valence electrons. The zero-order valence-corrected chi connectivity index (χ0v) is 10.1. The number of hydrogen-bond acceptors (Lipinski definition) is 3. The number of rotatable bonds is 5. The smallest absolute Gasteiger partial charge is 0.356 e. The molecule has 2 aromatic rings. The molecule has 0 bridgehead atoms. The SMILES string of the molecule is O=C(O)c1ncccc1NCCc1cccc(F)c1. The van der Waals surface area contributed by atoms with E-state index < -0.39 is 5.97 Å². The second-order valence-corrected chi connectivity index (χ2v) is 4.01. The molecule has 19 heavy (non-hydrogen) atoms. The summed E-state index contributed by atoms with van der Waals surface area (Å²) in [5.74, 6) is -1.35. The first kappa shape index (κ1) is 13.0. The number of aromatic nitrogens is 1. The third kappa shape index (κ3) is 3.51. The average molecular weight is 260 g/mol. The number of hydrogen-bond donors (Lipinski definition) is 2. The highest BCUT2D eigenvalue weighted by Gasteiger charge is 2.09. The van der Waals surface area contributed by atoms with Crippen LogP contribution in [-0.4, -0.2) is 22.6 Å². The van der Waals surface area contributed by atoms with Gasteiger partial charge in [-0.05, 0) is 36.2 Å². The molecular weight excluding hydrogens is 247 g/mol. The van der Waals surface area contributed by atoms with Crippen molar-refractivity contribution >= 4 is 11.7 Å². The predicted octanol–water partition coefficient (Wildman–Crippen LogP) is 2.57. The fourth-order valence-electron chi connectivity index (χ4n) is 1.75. The molecule has 5 heteroatoms. The Morgan fingerprint density at radius 2 is 2.16 bits per heavy atom. The number of carboxylic acid groups (broad SMARTS) is 1. The monoisotopic (exact) mass is 260 g/mol. The van der Waals surface area contributed by atoms with Crippen LogP contribution in [0.4, 0.5) is 10.1 Å². The van der Waals surface area contributed by atoms with Crippen molar-refractivity contribution in [1.29, 1.82) is 0 Å². The predicted molar refractivity (Wildman–Crippen MR) is 69.8 cm³/mol. The normalized spacial score (nSPS) is 10.2. The fourth-order valence-corrected chi connectivity index (χ4v) is 1.75. The van der Waals surface area contributed by atoms with Crippen molar-refractivity contribution in [2.24, 2.45) is 0 Å². The summed E-state index contributed by atoms with van der Waals surface area (Å²) in [5, 5.41) is 12.0. The quantitative estimate of drug-likeness (QED) is 0.867. The van der Waals surface area contributed by atoms with Crippen LogP contribution in [0.15, 0.2) is 42.6 Å². The molecule has 0 spiro atoms. The van der Waals surface area contributed by atoms with E-state index >= 15 is 0 Å². The third-order valence-electron chi connectivity index (χ3n) is 2.63. The first-order valence-electron chi connectivity index (χ1n) is 5.83. The van der Waals surface area contributed by atoms with Crippen molar-refractivity contribution in [2.45, 2.75) is 6.42 Å². The highest BCUT2D eigenvalue weighted by molar-refractivity contribution is 5.91. The summed E-state index contributed by atoms with van der Waals surface area (Å²) in [6, 6.07) is 9.64. The number of nitrogens with one attached hydrogen (secondary N) is 1. The molecule has 0 radical (unpaired) electrons. The molecule has 0 atom stereocenters. The maximum atomic E-state index is 13.0. The molecule has 1 aromatic heterocycles. The topological polar surface area (TPSA) is 62.2 Å². The second kappa shape index (κ2) is 5.95. The van der Waals surface area contributed by atoms with Gasteiger partial charge in [0, 0.05) is 12.7 Å². The van der Waals surface area contributed by atoms with Gasteiger partial charge in [0.1, 0.15) is 5.82 Å². The molecule has 2 N–H and O–H groups in total. The van der Waals surface area contributed by atoms with Gasteiger partial charge in [0.15, 0.2) is 5.69 Å². The van der Waals surface area contributed by atoms with Gasteiger partial charge in [0.05, 0.1) is 5.69 Å². The molecule has 4 nitrogen and oxygen atoms in total. The van der Waals surface area contributed by atoms with Crippen molar-refractivity contribution in [2.75, 3.05) is 11.9 Å². The Bertz CT molecular complexity index is 587. The van der Waals surface area contributed by atoms with Crippen LogP contribution in [0.5, 0.6) is 0 Å². The van der Waals surface area contributed by atoms with E-state index in [1.807, 2.05) is 6.07 Å². The molecule has 0 fully saturated rings. The largest absolute Gasteiger partial charge is 0.476 e. The lowest BCUT2D eigenvalue weighted by Gasteiger charge is -2.08. The van der Waals surface area contributed by atoms with E-state index in [2.05, 4.69) is 10.3 Å². The van der Waals surface area contributed by atoms with E-state index in [1.165, 1.54) is 18.3 Å². The molecule has 0 aliphatic carbocycles. The zero-order valence-electron chi connectivity index (χ0n) is 10.1. The van der Waals surface area contributed by atoms with Crippen LogP contribution in [0.2, 0.25) is 0 Å². The Hall–Kier alpha value is -2.43. The maximum Gasteiger partial charge on any atom is 0.356 e. The fraction of sp³-hybridized carbons (Fsp3) is 0.143.